The van der Waals surface area contributed by atoms with Crippen molar-refractivity contribution in [2.45, 2.75) is 13.1 Å². The number of aryl methyl sites for hydroxylation is 1. The Hall–Kier alpha value is -3.79. The second-order valence-electron chi connectivity index (χ2n) is 6.90. The van der Waals surface area contributed by atoms with Crippen molar-refractivity contribution < 1.29 is 22.8 Å². The van der Waals surface area contributed by atoms with Gasteiger partial charge in [0.1, 0.15) is 6.33 Å². The van der Waals surface area contributed by atoms with E-state index < -0.39 is 23.6 Å². The molecule has 0 aliphatic rings. The Labute approximate surface area is 184 Å². The van der Waals surface area contributed by atoms with Gasteiger partial charge in [-0.15, -0.1) is 11.3 Å². The first-order valence-corrected chi connectivity index (χ1v) is 10.2. The molecule has 0 radical (unpaired) electrons. The zero-order valence-corrected chi connectivity index (χ0v) is 17.3. The number of hydrogen-bond donors (Lipinski definition) is 2. The molecule has 0 fully saturated rings. The number of anilines is 2. The van der Waals surface area contributed by atoms with Crippen LogP contribution in [0.4, 0.5) is 24.5 Å². The highest BCUT2D eigenvalue weighted by molar-refractivity contribution is 7.17. The molecule has 0 atom stereocenters. The minimum Gasteiger partial charge on any atom is -0.322 e. The second kappa shape index (κ2) is 8.39. The van der Waals surface area contributed by atoms with E-state index in [4.69, 9.17) is 0 Å². The van der Waals surface area contributed by atoms with Gasteiger partial charge in [0.25, 0.3) is 11.8 Å². The van der Waals surface area contributed by atoms with E-state index in [1.54, 1.807) is 24.6 Å². The number of benzene rings is 2. The lowest BCUT2D eigenvalue weighted by molar-refractivity contribution is -0.137. The molecule has 2 amide bonds. The molecule has 0 aliphatic heterocycles. The molecule has 0 saturated carbocycles. The van der Waals surface area contributed by atoms with Crippen LogP contribution >= 0.6 is 11.3 Å². The fourth-order valence-corrected chi connectivity index (χ4v) is 3.87. The summed E-state index contributed by atoms with van der Waals surface area (Å²) in [6.45, 7) is 1.76. The molecule has 162 valence electrons. The summed E-state index contributed by atoms with van der Waals surface area (Å²) < 4.78 is 39.5. The molecule has 10 heteroatoms. The minimum atomic E-state index is -4.52. The Morgan fingerprint density at radius 2 is 1.84 bits per heavy atom. The van der Waals surface area contributed by atoms with Crippen LogP contribution in [0.15, 0.2) is 60.4 Å². The van der Waals surface area contributed by atoms with Gasteiger partial charge in [-0.05, 0) is 42.8 Å². The Bertz CT molecular complexity index is 1330. The molecule has 6 nitrogen and oxygen atoms in total. The van der Waals surface area contributed by atoms with Crippen LogP contribution in [-0.2, 0) is 6.18 Å². The first-order chi connectivity index (χ1) is 15.2. The fraction of sp³-hybridized carbons (Fsp3) is 0.0909. The van der Waals surface area contributed by atoms with Gasteiger partial charge in [0, 0.05) is 28.5 Å². The lowest BCUT2D eigenvalue weighted by Crippen LogP contribution is -2.16. The number of nitrogens with one attached hydrogen (secondary N) is 2. The normalized spacial score (nSPS) is 11.4. The number of thiophene rings is 1. The quantitative estimate of drug-likeness (QED) is 0.423. The van der Waals surface area contributed by atoms with Crippen molar-refractivity contribution >= 4 is 44.7 Å². The van der Waals surface area contributed by atoms with Gasteiger partial charge in [0.15, 0.2) is 0 Å². The maximum atomic E-state index is 12.9. The lowest BCUT2D eigenvalue weighted by Gasteiger charge is -2.12. The summed E-state index contributed by atoms with van der Waals surface area (Å²) in [5.41, 5.74) is 1.35. The number of nitrogens with zero attached hydrogens (tertiary/aromatic N) is 2. The van der Waals surface area contributed by atoms with E-state index in [0.29, 0.717) is 22.3 Å². The first kappa shape index (κ1) is 21.4. The summed E-state index contributed by atoms with van der Waals surface area (Å²) in [5, 5.41) is 6.90. The molecule has 2 aromatic carbocycles. The topological polar surface area (TPSA) is 84.0 Å². The largest absolute Gasteiger partial charge is 0.416 e. The van der Waals surface area contributed by atoms with Crippen LogP contribution < -0.4 is 10.6 Å². The summed E-state index contributed by atoms with van der Waals surface area (Å²) in [6, 6.07) is 9.01. The van der Waals surface area contributed by atoms with Gasteiger partial charge in [-0.3, -0.25) is 9.59 Å². The number of carbonyl (C=O) groups is 2. The van der Waals surface area contributed by atoms with E-state index in [1.165, 1.54) is 41.9 Å². The number of fused-ring (bicyclic) bond motifs is 1. The number of carbonyl (C=O) groups excluding carboxylic acids is 2. The fourth-order valence-electron chi connectivity index (χ4n) is 3.01. The summed E-state index contributed by atoms with van der Waals surface area (Å²) in [6.07, 6.45) is -1.54. The number of halogens is 3. The van der Waals surface area contributed by atoms with E-state index in [9.17, 15) is 22.8 Å². The van der Waals surface area contributed by atoms with Crippen molar-refractivity contribution in [3.63, 3.8) is 0 Å². The molecule has 0 aliphatic carbocycles. The molecular formula is C22H15F3N4O2S. The number of aromatic nitrogens is 2. The molecule has 0 saturated heterocycles. The van der Waals surface area contributed by atoms with E-state index in [0.717, 1.165) is 16.8 Å². The molecule has 32 heavy (non-hydrogen) atoms. The average molecular weight is 456 g/mol. The molecule has 0 spiro atoms. The monoisotopic (exact) mass is 456 g/mol. The maximum Gasteiger partial charge on any atom is 0.416 e. The molecule has 0 bridgehead atoms. The third-order valence-electron chi connectivity index (χ3n) is 4.68. The van der Waals surface area contributed by atoms with Gasteiger partial charge in [0.2, 0.25) is 0 Å². The number of rotatable bonds is 4. The van der Waals surface area contributed by atoms with Crippen LogP contribution in [0.1, 0.15) is 31.8 Å². The predicted molar refractivity (Wildman–Crippen MR) is 116 cm³/mol. The van der Waals surface area contributed by atoms with Crippen molar-refractivity contribution in [2.24, 2.45) is 0 Å². The molecule has 0 unspecified atom stereocenters. The smallest absolute Gasteiger partial charge is 0.322 e. The highest BCUT2D eigenvalue weighted by Crippen LogP contribution is 2.31. The molecule has 2 aromatic heterocycles. The second-order valence-corrected chi connectivity index (χ2v) is 7.81. The van der Waals surface area contributed by atoms with Crippen LogP contribution in [0, 0.1) is 6.92 Å². The third kappa shape index (κ3) is 4.45. The van der Waals surface area contributed by atoms with E-state index in [-0.39, 0.29) is 11.3 Å². The van der Waals surface area contributed by atoms with E-state index in [2.05, 4.69) is 20.6 Å². The zero-order valence-electron chi connectivity index (χ0n) is 16.5. The van der Waals surface area contributed by atoms with Crippen molar-refractivity contribution in [1.82, 2.24) is 9.97 Å². The van der Waals surface area contributed by atoms with Crippen LogP contribution in [0.5, 0.6) is 0 Å². The van der Waals surface area contributed by atoms with Crippen LogP contribution in [0.2, 0.25) is 0 Å². The molecular weight excluding hydrogens is 441 g/mol. The Kier molecular flexibility index (Phi) is 5.62. The lowest BCUT2D eigenvalue weighted by atomic mass is 10.1. The standard InChI is InChI=1S/C22H15F3N4O2S/c1-12-5-6-13(20(30)28-15-4-2-3-14(8-15)22(23,24)25)7-17(12)29-21(31)16-10-32-18-9-26-11-27-19(16)18/h2-11H,1H3,(H,28,30)(H,29,31). The van der Waals surface area contributed by atoms with Crippen LogP contribution in [0.3, 0.4) is 0 Å². The third-order valence-corrected chi connectivity index (χ3v) is 5.58. The SMILES string of the molecule is Cc1ccc(C(=O)Nc2cccc(C(F)(F)F)c2)cc1NC(=O)c1csc2cncnc12. The van der Waals surface area contributed by atoms with Crippen molar-refractivity contribution in [3.05, 3.63) is 82.6 Å². The van der Waals surface area contributed by atoms with Gasteiger partial charge in [-0.25, -0.2) is 9.97 Å². The van der Waals surface area contributed by atoms with Crippen molar-refractivity contribution in [1.29, 1.82) is 0 Å². The zero-order chi connectivity index (χ0) is 22.9. The average Bonchev–Trinajstić information content (AvgIpc) is 3.19. The summed E-state index contributed by atoms with van der Waals surface area (Å²) in [4.78, 5) is 33.4. The highest BCUT2D eigenvalue weighted by atomic mass is 32.1. The molecule has 4 aromatic rings. The van der Waals surface area contributed by atoms with E-state index >= 15 is 0 Å². The van der Waals surface area contributed by atoms with Gasteiger partial charge in [-0.1, -0.05) is 12.1 Å². The summed E-state index contributed by atoms with van der Waals surface area (Å²) >= 11 is 1.34. The van der Waals surface area contributed by atoms with Gasteiger partial charge < -0.3 is 10.6 Å². The number of hydrogen-bond acceptors (Lipinski definition) is 5. The van der Waals surface area contributed by atoms with Crippen molar-refractivity contribution in [3.8, 4) is 0 Å². The molecule has 2 heterocycles. The van der Waals surface area contributed by atoms with Crippen molar-refractivity contribution in [2.75, 3.05) is 10.6 Å². The Balaban J connectivity index is 1.55. The van der Waals surface area contributed by atoms with Gasteiger partial charge in [-0.2, -0.15) is 13.2 Å². The number of alkyl halides is 3. The maximum absolute atomic E-state index is 12.9. The Morgan fingerprint density at radius 1 is 1.03 bits per heavy atom. The minimum absolute atomic E-state index is 0.0143. The first-order valence-electron chi connectivity index (χ1n) is 9.30. The number of amides is 2. The van der Waals surface area contributed by atoms with E-state index in [1.807, 2.05) is 0 Å². The van der Waals surface area contributed by atoms with Crippen LogP contribution in [0.25, 0.3) is 10.2 Å². The van der Waals surface area contributed by atoms with Gasteiger partial charge in [0.05, 0.1) is 21.3 Å². The molecule has 2 N–H and O–H groups in total. The van der Waals surface area contributed by atoms with Gasteiger partial charge >= 0.3 is 6.18 Å². The summed E-state index contributed by atoms with van der Waals surface area (Å²) in [7, 11) is 0. The predicted octanol–water partition coefficient (Wildman–Crippen LogP) is 5.52. The van der Waals surface area contributed by atoms with Crippen LogP contribution in [-0.4, -0.2) is 21.8 Å². The highest BCUT2D eigenvalue weighted by Gasteiger charge is 2.30. The molecule has 4 rings (SSSR count). The summed E-state index contributed by atoms with van der Waals surface area (Å²) in [5.74, 6) is -0.998. The Morgan fingerprint density at radius 3 is 2.62 bits per heavy atom.